The topological polar surface area (TPSA) is 81.1 Å². The van der Waals surface area contributed by atoms with Crippen molar-refractivity contribution >= 4 is 60.7 Å². The lowest BCUT2D eigenvalue weighted by atomic mass is 9.66. The van der Waals surface area contributed by atoms with E-state index in [2.05, 4.69) is 166 Å². The summed E-state index contributed by atoms with van der Waals surface area (Å²) in [5.74, 6) is 2.91. The normalized spacial score (nSPS) is 13.6. The maximum absolute atomic E-state index is 9.75. The second kappa shape index (κ2) is 13.5. The number of rotatable bonds is 3. The van der Waals surface area contributed by atoms with Gasteiger partial charge in [-0.3, -0.25) is 9.97 Å². The molecule has 3 aliphatic rings. The third-order valence-corrected chi connectivity index (χ3v) is 14.3. The number of pyridine rings is 2. The zero-order chi connectivity index (χ0) is 44.7. The lowest BCUT2D eigenvalue weighted by Crippen LogP contribution is -2.32. The molecule has 0 atom stereocenters. The van der Waals surface area contributed by atoms with Crippen molar-refractivity contribution in [2.24, 2.45) is 0 Å². The van der Waals surface area contributed by atoms with Crippen LogP contribution in [-0.2, 0) is 5.41 Å². The molecule has 0 bridgehead atoms. The molecule has 0 amide bonds. The van der Waals surface area contributed by atoms with Crippen molar-refractivity contribution in [2.45, 2.75) is 5.41 Å². The van der Waals surface area contributed by atoms with Crippen LogP contribution in [-0.4, -0.2) is 19.1 Å². The predicted molar refractivity (Wildman–Crippen MR) is 268 cm³/mol. The number of benzene rings is 8. The average Bonchev–Trinajstić information content (AvgIpc) is 4.02. The number of hydrogen-bond acceptors (Lipinski definition) is 6. The Morgan fingerprint density at radius 2 is 0.912 bits per heavy atom. The van der Waals surface area contributed by atoms with Crippen LogP contribution in [0.2, 0.25) is 0 Å². The first-order valence-corrected chi connectivity index (χ1v) is 22.7. The molecule has 0 N–H and O–H groups in total. The maximum atomic E-state index is 9.75. The minimum Gasteiger partial charge on any atom is -0.457 e. The SMILES string of the molecule is N#Cc1ccc2c(c1)Oc1ccccc1N2c1ccc2c(c1)c1ccccc1n2-c1ccc2c(c1)Oc1cc(-n3c4ccccc4c4ccccc43)ccc1C21c2cccnc2-c2ncccc21. The van der Waals surface area contributed by atoms with Gasteiger partial charge in [0, 0.05) is 80.3 Å². The second-order valence-electron chi connectivity index (χ2n) is 17.6. The molecule has 8 nitrogen and oxygen atoms in total. The van der Waals surface area contributed by atoms with Crippen molar-refractivity contribution in [3.63, 3.8) is 0 Å². The van der Waals surface area contributed by atoms with Crippen LogP contribution in [0, 0.1) is 11.3 Å². The first kappa shape index (κ1) is 36.8. The molecule has 68 heavy (non-hydrogen) atoms. The fourth-order valence-corrected chi connectivity index (χ4v) is 11.6. The number of fused-ring (bicyclic) bond motifs is 17. The number of nitriles is 1. The largest absolute Gasteiger partial charge is 0.457 e. The van der Waals surface area contributed by atoms with Crippen LogP contribution in [0.5, 0.6) is 23.0 Å². The van der Waals surface area contributed by atoms with E-state index in [1.807, 2.05) is 60.9 Å². The fourth-order valence-electron chi connectivity index (χ4n) is 11.6. The van der Waals surface area contributed by atoms with Gasteiger partial charge in [0.05, 0.1) is 61.9 Å². The van der Waals surface area contributed by atoms with E-state index in [4.69, 9.17) is 19.4 Å². The van der Waals surface area contributed by atoms with Gasteiger partial charge in [0.2, 0.25) is 0 Å². The molecule has 0 unspecified atom stereocenters. The molecule has 1 aliphatic carbocycles. The highest BCUT2D eigenvalue weighted by Crippen LogP contribution is 2.62. The Balaban J connectivity index is 0.946. The van der Waals surface area contributed by atoms with Gasteiger partial charge in [-0.1, -0.05) is 91.0 Å². The van der Waals surface area contributed by atoms with Crippen molar-refractivity contribution < 1.29 is 9.47 Å². The Kier molecular flexibility index (Phi) is 7.34. The molecule has 6 heterocycles. The summed E-state index contributed by atoms with van der Waals surface area (Å²) in [7, 11) is 0. The van der Waals surface area contributed by atoms with Gasteiger partial charge in [0.1, 0.15) is 11.5 Å². The van der Waals surface area contributed by atoms with Gasteiger partial charge in [-0.2, -0.15) is 5.26 Å². The molecular weight excluding hydrogens is 837 g/mol. The predicted octanol–water partition coefficient (Wildman–Crippen LogP) is 14.6. The number of ether oxygens (including phenoxy) is 2. The molecule has 2 aliphatic heterocycles. The second-order valence-corrected chi connectivity index (χ2v) is 17.6. The lowest BCUT2D eigenvalue weighted by molar-refractivity contribution is 0.436. The summed E-state index contributed by atoms with van der Waals surface area (Å²) >= 11 is 0. The Labute approximate surface area is 389 Å². The molecule has 0 saturated heterocycles. The molecule has 8 heteroatoms. The van der Waals surface area contributed by atoms with Crippen LogP contribution in [0.25, 0.3) is 66.4 Å². The van der Waals surface area contributed by atoms with Gasteiger partial charge in [-0.05, 0) is 96.1 Å². The summed E-state index contributed by atoms with van der Waals surface area (Å²) < 4.78 is 18.4. The van der Waals surface area contributed by atoms with Gasteiger partial charge in [-0.15, -0.1) is 0 Å². The molecule has 15 rings (SSSR count). The Morgan fingerprint density at radius 1 is 0.397 bits per heavy atom. The zero-order valence-electron chi connectivity index (χ0n) is 36.1. The Morgan fingerprint density at radius 3 is 1.53 bits per heavy atom. The fraction of sp³-hybridized carbons (Fsp3) is 0.0167. The molecule has 0 saturated carbocycles. The van der Waals surface area contributed by atoms with Crippen LogP contribution < -0.4 is 14.4 Å². The van der Waals surface area contributed by atoms with E-state index in [1.165, 1.54) is 10.8 Å². The van der Waals surface area contributed by atoms with Gasteiger partial charge in [0.15, 0.2) is 11.5 Å². The maximum Gasteiger partial charge on any atom is 0.152 e. The molecule has 0 fully saturated rings. The molecule has 12 aromatic rings. The zero-order valence-corrected chi connectivity index (χ0v) is 36.1. The van der Waals surface area contributed by atoms with E-state index < -0.39 is 5.41 Å². The van der Waals surface area contributed by atoms with E-state index in [1.54, 1.807) is 0 Å². The van der Waals surface area contributed by atoms with Gasteiger partial charge in [0.25, 0.3) is 0 Å². The minimum absolute atomic E-state index is 0.545. The number of para-hydroxylation sites is 5. The summed E-state index contributed by atoms with van der Waals surface area (Å²) in [6, 6.07) is 70.2. The molecule has 0 radical (unpaired) electrons. The third kappa shape index (κ3) is 4.81. The van der Waals surface area contributed by atoms with E-state index in [-0.39, 0.29) is 0 Å². The van der Waals surface area contributed by atoms with Crippen LogP contribution in [0.1, 0.15) is 27.8 Å². The first-order chi connectivity index (χ1) is 33.7. The molecule has 316 valence electrons. The average molecular weight is 871 g/mol. The number of aromatic nitrogens is 4. The number of hydrogen-bond donors (Lipinski definition) is 0. The minimum atomic E-state index is -0.748. The van der Waals surface area contributed by atoms with Crippen molar-refractivity contribution in [2.75, 3.05) is 4.90 Å². The Hall–Kier alpha value is -9.45. The van der Waals surface area contributed by atoms with Crippen LogP contribution in [0.3, 0.4) is 0 Å². The van der Waals surface area contributed by atoms with Crippen molar-refractivity contribution in [1.82, 2.24) is 19.1 Å². The van der Waals surface area contributed by atoms with E-state index in [9.17, 15) is 5.26 Å². The third-order valence-electron chi connectivity index (χ3n) is 14.3. The standard InChI is InChI=1S/C60H34N6O2/c61-35-36-21-27-53-57(31-36)67-54-20-8-7-19-52(54)66(53)37-24-28-51-43(32-37)42-13-3-6-18-50(42)65(51)39-23-26-45-56(34-39)68-55-33-38(64-48-16-4-1-11-40(48)41-12-2-5-17-49(41)64)22-25-44(55)60(45)46-14-9-29-62-58(46)59-47(60)15-10-30-63-59/h1-34H. The summed E-state index contributed by atoms with van der Waals surface area (Å²) in [6.45, 7) is 0. The summed E-state index contributed by atoms with van der Waals surface area (Å²) in [5, 5.41) is 14.4. The van der Waals surface area contributed by atoms with Crippen LogP contribution in [0.4, 0.5) is 17.1 Å². The molecule has 8 aromatic carbocycles. The van der Waals surface area contributed by atoms with E-state index >= 15 is 0 Å². The van der Waals surface area contributed by atoms with E-state index in [0.29, 0.717) is 11.3 Å². The lowest BCUT2D eigenvalue weighted by Gasteiger charge is -2.39. The van der Waals surface area contributed by atoms with Gasteiger partial charge in [-0.25, -0.2) is 0 Å². The highest BCUT2D eigenvalue weighted by atomic mass is 16.5. The number of nitrogens with zero attached hydrogens (tertiary/aromatic N) is 6. The van der Waals surface area contributed by atoms with Crippen LogP contribution in [0.15, 0.2) is 207 Å². The summed E-state index contributed by atoms with van der Waals surface area (Å²) in [4.78, 5) is 12.2. The smallest absolute Gasteiger partial charge is 0.152 e. The van der Waals surface area contributed by atoms with Crippen molar-refractivity contribution in [3.05, 3.63) is 234 Å². The molecular formula is C60H34N6O2. The first-order valence-electron chi connectivity index (χ1n) is 22.7. The molecule has 4 aromatic heterocycles. The summed E-state index contributed by atoms with van der Waals surface area (Å²) in [5.41, 5.74) is 15.0. The summed E-state index contributed by atoms with van der Waals surface area (Å²) in [6.07, 6.45) is 3.72. The van der Waals surface area contributed by atoms with Crippen molar-refractivity contribution in [3.8, 4) is 51.8 Å². The van der Waals surface area contributed by atoms with Gasteiger partial charge >= 0.3 is 0 Å². The van der Waals surface area contributed by atoms with Crippen LogP contribution >= 0.6 is 0 Å². The highest BCUT2D eigenvalue weighted by molar-refractivity contribution is 6.11. The van der Waals surface area contributed by atoms with Crippen molar-refractivity contribution in [1.29, 1.82) is 5.26 Å². The van der Waals surface area contributed by atoms with E-state index in [0.717, 1.165) is 112 Å². The highest BCUT2D eigenvalue weighted by Gasteiger charge is 2.52. The quantitative estimate of drug-likeness (QED) is 0.176. The van der Waals surface area contributed by atoms with Gasteiger partial charge < -0.3 is 23.5 Å². The Bertz CT molecular complexity index is 4120. The molecule has 1 spiro atoms. The number of anilines is 3. The monoisotopic (exact) mass is 870 g/mol.